The van der Waals surface area contributed by atoms with Crippen molar-refractivity contribution in [2.45, 2.75) is 26.3 Å². The average Bonchev–Trinajstić information content (AvgIpc) is 3.14. The van der Waals surface area contributed by atoms with Gasteiger partial charge in [0.05, 0.1) is 18.4 Å². The number of urea groups is 1. The Labute approximate surface area is 149 Å². The number of amides is 2. The normalized spacial score (nSPS) is 15.2. The van der Waals surface area contributed by atoms with Gasteiger partial charge in [-0.2, -0.15) is 5.10 Å². The summed E-state index contributed by atoms with van der Waals surface area (Å²) in [5.74, 6) is 0. The quantitative estimate of drug-likeness (QED) is 0.848. The summed E-state index contributed by atoms with van der Waals surface area (Å²) >= 11 is 0. The first-order valence-electron chi connectivity index (χ1n) is 8.72. The highest BCUT2D eigenvalue weighted by molar-refractivity contribution is 5.88. The average molecular weight is 341 g/mol. The van der Waals surface area contributed by atoms with Crippen molar-refractivity contribution in [3.63, 3.8) is 0 Å². The lowest BCUT2D eigenvalue weighted by Crippen LogP contribution is -2.38. The number of likely N-dealkylation sites (N-methyl/N-ethyl adjacent to an activating group) is 1. The molecule has 134 valence electrons. The molecule has 0 fully saturated rings. The van der Waals surface area contributed by atoms with E-state index in [9.17, 15) is 4.79 Å². The first kappa shape index (κ1) is 17.5. The van der Waals surface area contributed by atoms with E-state index in [1.54, 1.807) is 6.20 Å². The number of fused-ring (bicyclic) bond motifs is 1. The van der Waals surface area contributed by atoms with Crippen LogP contribution >= 0.6 is 0 Å². The molecule has 0 atom stereocenters. The highest BCUT2D eigenvalue weighted by Gasteiger charge is 2.32. The molecule has 6 heteroatoms. The maximum atomic E-state index is 12.2. The lowest BCUT2D eigenvalue weighted by atomic mass is 9.87. The predicted octanol–water partition coefficient (Wildman–Crippen LogP) is 2.37. The first-order valence-corrected chi connectivity index (χ1v) is 8.72. The Balaban J connectivity index is 1.47. The molecule has 6 nitrogen and oxygen atoms in total. The van der Waals surface area contributed by atoms with Gasteiger partial charge in [0.1, 0.15) is 0 Å². The van der Waals surface area contributed by atoms with Gasteiger partial charge in [-0.05, 0) is 43.5 Å². The van der Waals surface area contributed by atoms with Crippen molar-refractivity contribution < 1.29 is 4.79 Å². The standard InChI is InChI=1S/C19H27N5O/c1-19(10-15-6-4-5-7-16(15)11-19)14-20-18(25)22-17-12-21-24(13-17)9-8-23(2)3/h4-7,12-13H,8-11,14H2,1-3H3,(H2,20,22,25). The van der Waals surface area contributed by atoms with Gasteiger partial charge in [0.25, 0.3) is 0 Å². The molecule has 0 radical (unpaired) electrons. The van der Waals surface area contributed by atoms with Gasteiger partial charge >= 0.3 is 6.03 Å². The predicted molar refractivity (Wildman–Crippen MR) is 99.8 cm³/mol. The van der Waals surface area contributed by atoms with E-state index < -0.39 is 0 Å². The molecule has 2 amide bonds. The van der Waals surface area contributed by atoms with Crippen molar-refractivity contribution in [2.75, 3.05) is 32.5 Å². The molecule has 2 aromatic rings. The fourth-order valence-corrected chi connectivity index (χ4v) is 3.33. The van der Waals surface area contributed by atoms with E-state index in [0.717, 1.165) is 31.6 Å². The minimum Gasteiger partial charge on any atom is -0.337 e. The van der Waals surface area contributed by atoms with Gasteiger partial charge < -0.3 is 15.5 Å². The number of carbonyl (C=O) groups excluding carboxylic acids is 1. The van der Waals surface area contributed by atoms with E-state index in [4.69, 9.17) is 0 Å². The number of nitrogens with zero attached hydrogens (tertiary/aromatic N) is 3. The molecular formula is C19H27N5O. The van der Waals surface area contributed by atoms with E-state index in [1.807, 2.05) is 25.0 Å². The van der Waals surface area contributed by atoms with Gasteiger partial charge in [-0.3, -0.25) is 4.68 Å². The Morgan fingerprint density at radius 3 is 2.60 bits per heavy atom. The molecule has 25 heavy (non-hydrogen) atoms. The number of benzene rings is 1. The van der Waals surface area contributed by atoms with Crippen LogP contribution in [0.4, 0.5) is 10.5 Å². The van der Waals surface area contributed by atoms with Gasteiger partial charge in [-0.15, -0.1) is 0 Å². The second kappa shape index (κ2) is 7.27. The Bertz CT molecular complexity index is 712. The van der Waals surface area contributed by atoms with Gasteiger partial charge in [0.2, 0.25) is 0 Å². The zero-order valence-electron chi connectivity index (χ0n) is 15.2. The Morgan fingerprint density at radius 1 is 1.28 bits per heavy atom. The second-order valence-corrected chi connectivity index (χ2v) is 7.54. The maximum Gasteiger partial charge on any atom is 0.319 e. The molecule has 0 saturated heterocycles. The van der Waals surface area contributed by atoms with Crippen LogP contribution in [0, 0.1) is 5.41 Å². The lowest BCUT2D eigenvalue weighted by molar-refractivity contribution is 0.243. The number of anilines is 1. The lowest BCUT2D eigenvalue weighted by Gasteiger charge is -2.23. The van der Waals surface area contributed by atoms with Gasteiger partial charge in [-0.1, -0.05) is 31.2 Å². The molecule has 1 aliphatic carbocycles. The van der Waals surface area contributed by atoms with E-state index >= 15 is 0 Å². The van der Waals surface area contributed by atoms with Crippen LogP contribution in [0.15, 0.2) is 36.7 Å². The van der Waals surface area contributed by atoms with Crippen LogP contribution in [0.3, 0.4) is 0 Å². The van der Waals surface area contributed by atoms with Crippen LogP contribution in [0.5, 0.6) is 0 Å². The third-order valence-electron chi connectivity index (χ3n) is 4.70. The Hall–Kier alpha value is -2.34. The van der Waals surface area contributed by atoms with Crippen molar-refractivity contribution >= 4 is 11.7 Å². The molecule has 1 aliphatic rings. The number of hydrogen-bond donors (Lipinski definition) is 2. The van der Waals surface area contributed by atoms with Crippen LogP contribution in [0.1, 0.15) is 18.1 Å². The van der Waals surface area contributed by atoms with Crippen LogP contribution in [0.2, 0.25) is 0 Å². The number of carbonyl (C=O) groups is 1. The first-order chi connectivity index (χ1) is 11.9. The monoisotopic (exact) mass is 341 g/mol. The molecule has 1 aromatic heterocycles. The van der Waals surface area contributed by atoms with Crippen LogP contribution < -0.4 is 10.6 Å². The molecule has 1 heterocycles. The van der Waals surface area contributed by atoms with E-state index in [0.29, 0.717) is 6.54 Å². The summed E-state index contributed by atoms with van der Waals surface area (Å²) in [6.45, 7) is 4.59. The molecule has 2 N–H and O–H groups in total. The second-order valence-electron chi connectivity index (χ2n) is 7.54. The number of aromatic nitrogens is 2. The largest absolute Gasteiger partial charge is 0.337 e. The molecule has 0 aliphatic heterocycles. The zero-order chi connectivity index (χ0) is 17.9. The Morgan fingerprint density at radius 2 is 1.96 bits per heavy atom. The maximum absolute atomic E-state index is 12.2. The Kier molecular flexibility index (Phi) is 5.08. The highest BCUT2D eigenvalue weighted by Crippen LogP contribution is 2.35. The third kappa shape index (κ3) is 4.60. The van der Waals surface area contributed by atoms with Crippen molar-refractivity contribution in [3.05, 3.63) is 47.8 Å². The summed E-state index contributed by atoms with van der Waals surface area (Å²) in [7, 11) is 4.05. The van der Waals surface area contributed by atoms with Crippen molar-refractivity contribution in [1.29, 1.82) is 0 Å². The van der Waals surface area contributed by atoms with Crippen LogP contribution in [-0.2, 0) is 19.4 Å². The molecule has 0 bridgehead atoms. The van der Waals surface area contributed by atoms with Crippen LogP contribution in [-0.4, -0.2) is 47.9 Å². The summed E-state index contributed by atoms with van der Waals surface area (Å²) in [6, 6.07) is 8.35. The molecule has 0 unspecified atom stereocenters. The fourth-order valence-electron chi connectivity index (χ4n) is 3.33. The minimum absolute atomic E-state index is 0.0803. The fraction of sp³-hybridized carbons (Fsp3) is 0.474. The van der Waals surface area contributed by atoms with Crippen molar-refractivity contribution in [2.24, 2.45) is 5.41 Å². The van der Waals surface area contributed by atoms with Gasteiger partial charge in [-0.25, -0.2) is 4.79 Å². The summed E-state index contributed by atoms with van der Waals surface area (Å²) < 4.78 is 1.84. The van der Waals surface area contributed by atoms with Gasteiger partial charge in [0.15, 0.2) is 0 Å². The molecule has 1 aromatic carbocycles. The smallest absolute Gasteiger partial charge is 0.319 e. The number of hydrogen-bond acceptors (Lipinski definition) is 3. The molecule has 0 saturated carbocycles. The summed E-state index contributed by atoms with van der Waals surface area (Å²) in [5.41, 5.74) is 3.59. The highest BCUT2D eigenvalue weighted by atomic mass is 16.2. The minimum atomic E-state index is -0.177. The number of nitrogens with one attached hydrogen (secondary N) is 2. The summed E-state index contributed by atoms with van der Waals surface area (Å²) in [4.78, 5) is 14.3. The third-order valence-corrected chi connectivity index (χ3v) is 4.70. The van der Waals surface area contributed by atoms with Gasteiger partial charge in [0, 0.05) is 19.3 Å². The molecule has 3 rings (SSSR count). The van der Waals surface area contributed by atoms with Crippen molar-refractivity contribution in [3.8, 4) is 0 Å². The van der Waals surface area contributed by atoms with Crippen LogP contribution in [0.25, 0.3) is 0 Å². The van der Waals surface area contributed by atoms with E-state index in [-0.39, 0.29) is 11.4 Å². The SMILES string of the molecule is CN(C)CCn1cc(NC(=O)NCC2(C)Cc3ccccc3C2)cn1. The summed E-state index contributed by atoms with van der Waals surface area (Å²) in [6.07, 6.45) is 5.55. The topological polar surface area (TPSA) is 62.2 Å². The molecule has 0 spiro atoms. The zero-order valence-corrected chi connectivity index (χ0v) is 15.2. The van der Waals surface area contributed by atoms with E-state index in [2.05, 4.69) is 51.8 Å². The van der Waals surface area contributed by atoms with E-state index in [1.165, 1.54) is 11.1 Å². The number of rotatable bonds is 6. The van der Waals surface area contributed by atoms with Crippen molar-refractivity contribution in [1.82, 2.24) is 20.0 Å². The molecular weight excluding hydrogens is 314 g/mol. The summed E-state index contributed by atoms with van der Waals surface area (Å²) in [5, 5.41) is 10.1.